The van der Waals surface area contributed by atoms with Crippen LogP contribution in [0.3, 0.4) is 0 Å². The Bertz CT molecular complexity index is 447. The fourth-order valence-electron chi connectivity index (χ4n) is 1.95. The molecule has 3 heteroatoms. The fraction of sp³-hybridized carbons (Fsp3) is 0.375. The van der Waals surface area contributed by atoms with Gasteiger partial charge in [0.25, 0.3) is 0 Å². The maximum Gasteiger partial charge on any atom is 0.0271 e. The molecule has 19 heavy (non-hydrogen) atoms. The van der Waals surface area contributed by atoms with Gasteiger partial charge in [0.05, 0.1) is 0 Å². The summed E-state index contributed by atoms with van der Waals surface area (Å²) in [5.74, 6) is 0. The first-order valence-electron chi connectivity index (χ1n) is 6.58. The van der Waals surface area contributed by atoms with Crippen LogP contribution in [0, 0.1) is 0 Å². The summed E-state index contributed by atoms with van der Waals surface area (Å²) in [6.45, 7) is 8.59. The van der Waals surface area contributed by atoms with Crippen molar-refractivity contribution in [3.63, 3.8) is 0 Å². The van der Waals surface area contributed by atoms with Crippen LogP contribution >= 0.6 is 0 Å². The third-order valence-electron chi connectivity index (χ3n) is 3.19. The van der Waals surface area contributed by atoms with Crippen LogP contribution in [-0.2, 0) is 13.1 Å². The smallest absolute Gasteiger partial charge is 0.0271 e. The topological polar surface area (TPSA) is 29.0 Å². The average Bonchev–Trinajstić information content (AvgIpc) is 2.39. The predicted octanol–water partition coefficient (Wildman–Crippen LogP) is 3.28. The molecule has 0 aliphatic heterocycles. The number of nitrogens with zero attached hydrogens (tertiary/aromatic N) is 3. The second kappa shape index (κ2) is 5.93. The van der Waals surface area contributed by atoms with Crippen molar-refractivity contribution in [2.45, 2.75) is 39.4 Å². The summed E-state index contributed by atoms with van der Waals surface area (Å²) in [5.41, 5.74) is 2.70. The van der Waals surface area contributed by atoms with E-state index >= 15 is 0 Å². The van der Waals surface area contributed by atoms with Crippen molar-refractivity contribution in [2.75, 3.05) is 0 Å². The summed E-state index contributed by atoms with van der Waals surface area (Å²) in [7, 11) is 0. The monoisotopic (exact) mass is 255 g/mol. The van der Waals surface area contributed by atoms with Gasteiger partial charge < -0.3 is 0 Å². The molecule has 0 fully saturated rings. The van der Waals surface area contributed by atoms with Crippen LogP contribution in [0.25, 0.3) is 0 Å². The van der Waals surface area contributed by atoms with Crippen LogP contribution in [0.4, 0.5) is 0 Å². The van der Waals surface area contributed by atoms with Crippen LogP contribution < -0.4 is 0 Å². The molecular formula is C16H21N3. The third-order valence-corrected chi connectivity index (χ3v) is 3.19. The van der Waals surface area contributed by atoms with E-state index in [4.69, 9.17) is 0 Å². The van der Waals surface area contributed by atoms with E-state index in [2.05, 4.69) is 59.9 Å². The van der Waals surface area contributed by atoms with Crippen molar-refractivity contribution in [3.8, 4) is 0 Å². The van der Waals surface area contributed by atoms with Crippen LogP contribution in [0.15, 0.2) is 49.1 Å². The lowest BCUT2D eigenvalue weighted by Crippen LogP contribution is -2.40. The second-order valence-electron chi connectivity index (χ2n) is 5.74. The minimum Gasteiger partial charge on any atom is -0.290 e. The zero-order valence-corrected chi connectivity index (χ0v) is 11.9. The van der Waals surface area contributed by atoms with Gasteiger partial charge >= 0.3 is 0 Å². The summed E-state index contributed by atoms with van der Waals surface area (Å²) in [6.07, 6.45) is 7.40. The minimum absolute atomic E-state index is 0.118. The molecule has 0 saturated carbocycles. The first-order chi connectivity index (χ1) is 9.05. The van der Waals surface area contributed by atoms with Gasteiger partial charge in [-0.2, -0.15) is 0 Å². The third kappa shape index (κ3) is 4.14. The number of aromatic nitrogens is 2. The van der Waals surface area contributed by atoms with Crippen LogP contribution in [0.5, 0.6) is 0 Å². The normalized spacial score (nSPS) is 11.8. The van der Waals surface area contributed by atoms with E-state index in [1.807, 2.05) is 24.8 Å². The molecule has 2 aromatic rings. The highest BCUT2D eigenvalue weighted by Crippen LogP contribution is 2.20. The predicted molar refractivity (Wildman–Crippen MR) is 77.5 cm³/mol. The Kier molecular flexibility index (Phi) is 4.27. The molecule has 0 unspecified atom stereocenters. The van der Waals surface area contributed by atoms with E-state index in [-0.39, 0.29) is 5.54 Å². The lowest BCUT2D eigenvalue weighted by Gasteiger charge is -2.35. The van der Waals surface area contributed by atoms with E-state index in [9.17, 15) is 0 Å². The summed E-state index contributed by atoms with van der Waals surface area (Å²) < 4.78 is 0. The van der Waals surface area contributed by atoms with E-state index in [0.29, 0.717) is 0 Å². The Hall–Kier alpha value is -1.74. The maximum absolute atomic E-state index is 4.07. The van der Waals surface area contributed by atoms with Crippen LogP contribution in [0.2, 0.25) is 0 Å². The highest BCUT2D eigenvalue weighted by molar-refractivity contribution is 5.13. The Balaban J connectivity index is 2.13. The molecule has 0 atom stereocenters. The lowest BCUT2D eigenvalue weighted by molar-refractivity contribution is 0.118. The molecule has 2 heterocycles. The molecule has 0 aliphatic carbocycles. The van der Waals surface area contributed by atoms with E-state index in [1.54, 1.807) is 0 Å². The highest BCUT2D eigenvalue weighted by Gasteiger charge is 2.21. The van der Waals surface area contributed by atoms with Gasteiger partial charge in [0.2, 0.25) is 0 Å². The molecule has 0 aromatic carbocycles. The standard InChI is InChI=1S/C16H21N3/c1-16(2,3)19(12-14-4-8-17-9-5-14)13-15-6-10-18-11-7-15/h4-11H,12-13H2,1-3H3. The zero-order valence-electron chi connectivity index (χ0n) is 11.9. The first kappa shape index (κ1) is 13.7. The molecule has 100 valence electrons. The molecule has 0 N–H and O–H groups in total. The quantitative estimate of drug-likeness (QED) is 0.839. The van der Waals surface area contributed by atoms with Crippen LogP contribution in [0.1, 0.15) is 31.9 Å². The Morgan fingerprint density at radius 1 is 0.789 bits per heavy atom. The van der Waals surface area contributed by atoms with Gasteiger partial charge in [0, 0.05) is 43.4 Å². The van der Waals surface area contributed by atoms with Gasteiger partial charge in [-0.25, -0.2) is 0 Å². The number of rotatable bonds is 4. The molecule has 0 radical (unpaired) electrons. The number of hydrogen-bond acceptors (Lipinski definition) is 3. The zero-order chi connectivity index (χ0) is 13.7. The van der Waals surface area contributed by atoms with Crippen molar-refractivity contribution in [1.29, 1.82) is 0 Å². The SMILES string of the molecule is CC(C)(C)N(Cc1ccncc1)Cc1ccncc1. The average molecular weight is 255 g/mol. The van der Waals surface area contributed by atoms with E-state index in [1.165, 1.54) is 11.1 Å². The largest absolute Gasteiger partial charge is 0.290 e. The van der Waals surface area contributed by atoms with Crippen molar-refractivity contribution in [2.24, 2.45) is 0 Å². The van der Waals surface area contributed by atoms with Crippen molar-refractivity contribution in [3.05, 3.63) is 60.2 Å². The Labute approximate surface area is 115 Å². The van der Waals surface area contributed by atoms with Crippen molar-refractivity contribution < 1.29 is 0 Å². The molecule has 3 nitrogen and oxygen atoms in total. The van der Waals surface area contributed by atoms with Crippen molar-refractivity contribution in [1.82, 2.24) is 14.9 Å². The minimum atomic E-state index is 0.118. The molecule has 0 aliphatic rings. The molecular weight excluding hydrogens is 234 g/mol. The van der Waals surface area contributed by atoms with Gasteiger partial charge in [0.15, 0.2) is 0 Å². The second-order valence-corrected chi connectivity index (χ2v) is 5.74. The molecule has 2 rings (SSSR count). The number of hydrogen-bond donors (Lipinski definition) is 0. The molecule has 0 bridgehead atoms. The fourth-order valence-corrected chi connectivity index (χ4v) is 1.95. The van der Waals surface area contributed by atoms with Crippen molar-refractivity contribution >= 4 is 0 Å². The van der Waals surface area contributed by atoms with Gasteiger partial charge in [-0.3, -0.25) is 14.9 Å². The Morgan fingerprint density at radius 3 is 1.47 bits per heavy atom. The summed E-state index contributed by atoms with van der Waals surface area (Å²) in [4.78, 5) is 10.6. The maximum atomic E-state index is 4.07. The van der Waals surface area contributed by atoms with Gasteiger partial charge in [-0.15, -0.1) is 0 Å². The van der Waals surface area contributed by atoms with Gasteiger partial charge in [-0.1, -0.05) is 0 Å². The Morgan fingerprint density at radius 2 is 1.16 bits per heavy atom. The number of pyridine rings is 2. The summed E-state index contributed by atoms with van der Waals surface area (Å²) in [5, 5.41) is 0. The first-order valence-corrected chi connectivity index (χ1v) is 6.58. The highest BCUT2D eigenvalue weighted by atomic mass is 15.2. The van der Waals surface area contributed by atoms with Crippen LogP contribution in [-0.4, -0.2) is 20.4 Å². The summed E-state index contributed by atoms with van der Waals surface area (Å²) in [6, 6.07) is 8.30. The molecule has 0 spiro atoms. The lowest BCUT2D eigenvalue weighted by atomic mass is 10.0. The summed E-state index contributed by atoms with van der Waals surface area (Å²) >= 11 is 0. The molecule has 2 aromatic heterocycles. The van der Waals surface area contributed by atoms with Gasteiger partial charge in [0.1, 0.15) is 0 Å². The van der Waals surface area contributed by atoms with Gasteiger partial charge in [-0.05, 0) is 56.2 Å². The molecule has 0 amide bonds. The van der Waals surface area contributed by atoms with E-state index in [0.717, 1.165) is 13.1 Å². The molecule has 0 saturated heterocycles. The van der Waals surface area contributed by atoms with E-state index < -0.39 is 0 Å².